The van der Waals surface area contributed by atoms with E-state index in [1.807, 2.05) is 12.3 Å². The molecule has 6 heteroatoms. The minimum atomic E-state index is 0.0671. The van der Waals surface area contributed by atoms with Crippen molar-refractivity contribution in [3.63, 3.8) is 0 Å². The number of methoxy groups -OCH3 is 1. The molecule has 4 nitrogen and oxygen atoms in total. The summed E-state index contributed by atoms with van der Waals surface area (Å²) in [5, 5.41) is 3.40. The maximum absolute atomic E-state index is 5.85. The van der Waals surface area contributed by atoms with Gasteiger partial charge in [0.15, 0.2) is 0 Å². The van der Waals surface area contributed by atoms with Gasteiger partial charge >= 0.3 is 0 Å². The SMILES string of the molecule is COCCNCC1CCOC1c1ncc(Br)cc1Br. The molecule has 2 atom stereocenters. The van der Waals surface area contributed by atoms with Gasteiger partial charge in [0.1, 0.15) is 6.10 Å². The molecule has 1 aliphatic rings. The molecule has 2 rings (SSSR count). The number of hydrogen-bond donors (Lipinski definition) is 1. The van der Waals surface area contributed by atoms with Gasteiger partial charge in [-0.05, 0) is 44.3 Å². The maximum Gasteiger partial charge on any atom is 0.105 e. The van der Waals surface area contributed by atoms with Crippen LogP contribution in [0.25, 0.3) is 0 Å². The molecule has 1 N–H and O–H groups in total. The third-order valence-electron chi connectivity index (χ3n) is 3.21. The van der Waals surface area contributed by atoms with Crippen LogP contribution in [0.2, 0.25) is 0 Å². The van der Waals surface area contributed by atoms with Crippen LogP contribution in [0.1, 0.15) is 18.2 Å². The molecule has 0 spiro atoms. The van der Waals surface area contributed by atoms with Crippen molar-refractivity contribution in [2.24, 2.45) is 5.92 Å². The summed E-state index contributed by atoms with van der Waals surface area (Å²) in [5.74, 6) is 0.460. The molecular weight excluding hydrogens is 376 g/mol. The van der Waals surface area contributed by atoms with E-state index in [-0.39, 0.29) is 6.10 Å². The lowest BCUT2D eigenvalue weighted by Gasteiger charge is -2.19. The molecule has 0 aliphatic carbocycles. The first-order valence-corrected chi connectivity index (χ1v) is 7.93. The molecule has 1 aromatic rings. The third-order valence-corrected chi connectivity index (χ3v) is 4.28. The Kier molecular flexibility index (Phi) is 6.22. The molecule has 2 heterocycles. The maximum atomic E-state index is 5.85. The van der Waals surface area contributed by atoms with Gasteiger partial charge in [0.2, 0.25) is 0 Å². The average molecular weight is 394 g/mol. The quantitative estimate of drug-likeness (QED) is 0.754. The Hall–Kier alpha value is -0.0100. The molecule has 0 bridgehead atoms. The van der Waals surface area contributed by atoms with Gasteiger partial charge in [0.25, 0.3) is 0 Å². The van der Waals surface area contributed by atoms with Crippen LogP contribution in [-0.4, -0.2) is 38.4 Å². The van der Waals surface area contributed by atoms with Crippen LogP contribution in [0.3, 0.4) is 0 Å². The smallest absolute Gasteiger partial charge is 0.105 e. The number of ether oxygens (including phenoxy) is 2. The van der Waals surface area contributed by atoms with Crippen LogP contribution in [0.4, 0.5) is 0 Å². The number of rotatable bonds is 6. The van der Waals surface area contributed by atoms with Crippen LogP contribution < -0.4 is 5.32 Å². The lowest BCUT2D eigenvalue weighted by atomic mass is 9.98. The standard InChI is InChI=1S/C13H18Br2N2O2/c1-18-5-3-16-7-9-2-4-19-13(9)12-11(15)6-10(14)8-17-12/h6,8-9,13,16H,2-5,7H2,1H3. The zero-order chi connectivity index (χ0) is 13.7. The molecule has 2 unspecified atom stereocenters. The van der Waals surface area contributed by atoms with Crippen molar-refractivity contribution in [3.8, 4) is 0 Å². The summed E-state index contributed by atoms with van der Waals surface area (Å²) in [7, 11) is 1.71. The summed E-state index contributed by atoms with van der Waals surface area (Å²) >= 11 is 6.98. The van der Waals surface area contributed by atoms with Gasteiger partial charge in [-0.25, -0.2) is 0 Å². The van der Waals surface area contributed by atoms with Crippen LogP contribution >= 0.6 is 31.9 Å². The lowest BCUT2D eigenvalue weighted by molar-refractivity contribution is 0.0858. The van der Waals surface area contributed by atoms with Gasteiger partial charge in [-0.1, -0.05) is 0 Å². The van der Waals surface area contributed by atoms with Crippen molar-refractivity contribution < 1.29 is 9.47 Å². The number of aromatic nitrogens is 1. The molecular formula is C13H18Br2N2O2. The van der Waals surface area contributed by atoms with E-state index >= 15 is 0 Å². The summed E-state index contributed by atoms with van der Waals surface area (Å²) in [5.41, 5.74) is 0.985. The van der Waals surface area contributed by atoms with E-state index in [2.05, 4.69) is 42.2 Å². The van der Waals surface area contributed by atoms with Crippen molar-refractivity contribution >= 4 is 31.9 Å². The zero-order valence-corrected chi connectivity index (χ0v) is 14.0. The van der Waals surface area contributed by atoms with Gasteiger partial charge in [-0.2, -0.15) is 0 Å². The highest BCUT2D eigenvalue weighted by Crippen LogP contribution is 2.37. The van der Waals surface area contributed by atoms with Crippen molar-refractivity contribution in [3.05, 3.63) is 26.9 Å². The highest BCUT2D eigenvalue weighted by molar-refractivity contribution is 9.11. The van der Waals surface area contributed by atoms with E-state index in [1.165, 1.54) is 0 Å². The monoisotopic (exact) mass is 392 g/mol. The van der Waals surface area contributed by atoms with Gasteiger partial charge in [-0.15, -0.1) is 0 Å². The van der Waals surface area contributed by atoms with Crippen molar-refractivity contribution in [2.75, 3.05) is 33.4 Å². The summed E-state index contributed by atoms with van der Waals surface area (Å²) in [6.07, 6.45) is 2.95. The van der Waals surface area contributed by atoms with Crippen LogP contribution in [0.15, 0.2) is 21.2 Å². The van der Waals surface area contributed by atoms with Crippen LogP contribution in [0.5, 0.6) is 0 Å². The van der Waals surface area contributed by atoms with E-state index in [0.717, 1.165) is 47.4 Å². The molecule has 19 heavy (non-hydrogen) atoms. The molecule has 0 saturated carbocycles. The van der Waals surface area contributed by atoms with Crippen LogP contribution in [0, 0.1) is 5.92 Å². The molecule has 1 aliphatic heterocycles. The number of nitrogens with one attached hydrogen (secondary N) is 1. The summed E-state index contributed by atoms with van der Waals surface area (Å²) in [6, 6.07) is 2.01. The first-order chi connectivity index (χ1) is 9.22. The molecule has 1 fully saturated rings. The zero-order valence-electron chi connectivity index (χ0n) is 10.9. The second-order valence-corrected chi connectivity index (χ2v) is 6.33. The topological polar surface area (TPSA) is 43.4 Å². The number of halogens is 2. The fourth-order valence-corrected chi connectivity index (χ4v) is 3.45. The lowest BCUT2D eigenvalue weighted by Crippen LogP contribution is -2.28. The fraction of sp³-hybridized carbons (Fsp3) is 0.615. The first kappa shape index (κ1) is 15.4. The predicted molar refractivity (Wildman–Crippen MR) is 81.2 cm³/mol. The molecule has 0 radical (unpaired) electrons. The van der Waals surface area contributed by atoms with Gasteiger partial charge < -0.3 is 14.8 Å². The Labute approximate surface area is 130 Å². The largest absolute Gasteiger partial charge is 0.383 e. The Balaban J connectivity index is 1.97. The van der Waals surface area contributed by atoms with E-state index in [1.54, 1.807) is 7.11 Å². The Morgan fingerprint density at radius 1 is 1.53 bits per heavy atom. The highest BCUT2D eigenvalue weighted by atomic mass is 79.9. The van der Waals surface area contributed by atoms with Gasteiger partial charge in [0.05, 0.1) is 12.3 Å². The summed E-state index contributed by atoms with van der Waals surface area (Å²) < 4.78 is 12.8. The minimum absolute atomic E-state index is 0.0671. The van der Waals surface area contributed by atoms with E-state index in [0.29, 0.717) is 5.92 Å². The second kappa shape index (κ2) is 7.69. The summed E-state index contributed by atoms with van der Waals surface area (Å²) in [4.78, 5) is 4.48. The second-order valence-electron chi connectivity index (χ2n) is 4.56. The Morgan fingerprint density at radius 3 is 3.11 bits per heavy atom. The van der Waals surface area contributed by atoms with Gasteiger partial charge in [0, 0.05) is 47.9 Å². The van der Waals surface area contributed by atoms with Crippen molar-refractivity contribution in [2.45, 2.75) is 12.5 Å². The van der Waals surface area contributed by atoms with E-state index in [4.69, 9.17) is 9.47 Å². The molecule has 1 saturated heterocycles. The average Bonchev–Trinajstić information content (AvgIpc) is 2.83. The number of pyridine rings is 1. The normalized spacial score (nSPS) is 22.9. The minimum Gasteiger partial charge on any atom is -0.383 e. The highest BCUT2D eigenvalue weighted by Gasteiger charge is 2.31. The van der Waals surface area contributed by atoms with Gasteiger partial charge in [-0.3, -0.25) is 4.98 Å². The Bertz CT molecular complexity index is 418. The first-order valence-electron chi connectivity index (χ1n) is 6.34. The predicted octanol–water partition coefficient (Wildman–Crippen LogP) is 2.92. The number of nitrogens with zero attached hydrogens (tertiary/aromatic N) is 1. The summed E-state index contributed by atoms with van der Waals surface area (Å²) in [6.45, 7) is 3.33. The van der Waals surface area contributed by atoms with Crippen molar-refractivity contribution in [1.29, 1.82) is 0 Å². The molecule has 0 amide bonds. The fourth-order valence-electron chi connectivity index (χ4n) is 2.24. The Morgan fingerprint density at radius 2 is 2.37 bits per heavy atom. The van der Waals surface area contributed by atoms with E-state index in [9.17, 15) is 0 Å². The third kappa shape index (κ3) is 4.23. The van der Waals surface area contributed by atoms with Crippen molar-refractivity contribution in [1.82, 2.24) is 10.3 Å². The molecule has 1 aromatic heterocycles. The van der Waals surface area contributed by atoms with E-state index < -0.39 is 0 Å². The molecule has 106 valence electrons. The number of hydrogen-bond acceptors (Lipinski definition) is 4. The van der Waals surface area contributed by atoms with Crippen LogP contribution in [-0.2, 0) is 9.47 Å². The molecule has 0 aromatic carbocycles.